The Labute approximate surface area is 163 Å². The van der Waals surface area contributed by atoms with Crippen molar-refractivity contribution in [1.82, 2.24) is 20.1 Å². The lowest BCUT2D eigenvalue weighted by Gasteiger charge is -2.35. The number of hydrogen-bond acceptors (Lipinski definition) is 6. The van der Waals surface area contributed by atoms with E-state index >= 15 is 0 Å². The van der Waals surface area contributed by atoms with Crippen LogP contribution in [0.4, 0.5) is 0 Å². The van der Waals surface area contributed by atoms with E-state index in [0.29, 0.717) is 30.6 Å². The van der Waals surface area contributed by atoms with Gasteiger partial charge in [-0.1, -0.05) is 40.0 Å². The third-order valence-corrected chi connectivity index (χ3v) is 5.28. The highest BCUT2D eigenvalue weighted by atomic mass is 16.3. The predicted octanol–water partition coefficient (Wildman–Crippen LogP) is 2.12. The second-order valence-electron chi connectivity index (χ2n) is 7.72. The van der Waals surface area contributed by atoms with Gasteiger partial charge < -0.3 is 14.8 Å². The molecule has 0 aromatic carbocycles. The van der Waals surface area contributed by atoms with Crippen LogP contribution in [0.1, 0.15) is 62.8 Å². The summed E-state index contributed by atoms with van der Waals surface area (Å²) in [7, 11) is 0. The van der Waals surface area contributed by atoms with Gasteiger partial charge >= 0.3 is 0 Å². The molecule has 27 heavy (non-hydrogen) atoms. The Morgan fingerprint density at radius 3 is 2.67 bits per heavy atom. The number of unbranched alkanes of at least 4 members (excludes halogenated alkanes) is 1. The first-order valence-corrected chi connectivity index (χ1v) is 10.4. The van der Waals surface area contributed by atoms with Crippen LogP contribution in [0.2, 0.25) is 0 Å². The van der Waals surface area contributed by atoms with Crippen molar-refractivity contribution in [2.75, 3.05) is 39.3 Å². The highest BCUT2D eigenvalue weighted by molar-refractivity contribution is 5.91. The molecule has 2 N–H and O–H groups in total. The van der Waals surface area contributed by atoms with Crippen molar-refractivity contribution < 1.29 is 14.3 Å². The van der Waals surface area contributed by atoms with Gasteiger partial charge in [-0.05, 0) is 12.3 Å². The van der Waals surface area contributed by atoms with Crippen LogP contribution in [0.15, 0.2) is 10.7 Å². The summed E-state index contributed by atoms with van der Waals surface area (Å²) in [6.45, 7) is 12.1. The van der Waals surface area contributed by atoms with Crippen LogP contribution >= 0.6 is 0 Å². The van der Waals surface area contributed by atoms with Crippen LogP contribution in [-0.4, -0.2) is 71.2 Å². The van der Waals surface area contributed by atoms with E-state index in [9.17, 15) is 9.90 Å². The van der Waals surface area contributed by atoms with Gasteiger partial charge in [0.25, 0.3) is 5.91 Å². The molecule has 0 bridgehead atoms. The Morgan fingerprint density at radius 2 is 2.00 bits per heavy atom. The summed E-state index contributed by atoms with van der Waals surface area (Å²) in [5, 5.41) is 13.0. The second kappa shape index (κ2) is 11.4. The van der Waals surface area contributed by atoms with Crippen molar-refractivity contribution in [3.63, 3.8) is 0 Å². The van der Waals surface area contributed by atoms with E-state index < -0.39 is 0 Å². The first-order chi connectivity index (χ1) is 13.0. The standard InChI is InChI=1S/C20H36N4O3/c1-4-6-7-17(25)13-23-8-10-24(11-9-23)14-19-22-18(15-27-19)20(26)21-12-16(3)5-2/h15-17,25H,4-14H2,1-3H3,(H,21,26)/t16-,17+/m1/s1. The fourth-order valence-electron chi connectivity index (χ4n) is 3.14. The zero-order chi connectivity index (χ0) is 19.6. The normalized spacial score (nSPS) is 18.4. The van der Waals surface area contributed by atoms with Crippen molar-refractivity contribution in [2.24, 2.45) is 5.92 Å². The molecule has 0 spiro atoms. The quantitative estimate of drug-likeness (QED) is 0.612. The molecule has 1 fully saturated rings. The van der Waals surface area contributed by atoms with Gasteiger partial charge in [-0.25, -0.2) is 4.98 Å². The molecule has 0 unspecified atom stereocenters. The molecule has 1 saturated heterocycles. The number of β-amino-alcohol motifs (C(OH)–C–C–N with tert-alkyl or cyclic N) is 1. The van der Waals surface area contributed by atoms with Crippen LogP contribution in [0, 0.1) is 5.92 Å². The number of aromatic nitrogens is 1. The lowest BCUT2D eigenvalue weighted by Crippen LogP contribution is -2.48. The Kier molecular flexibility index (Phi) is 9.24. The Balaban J connectivity index is 1.71. The van der Waals surface area contributed by atoms with Crippen molar-refractivity contribution in [3.8, 4) is 0 Å². The van der Waals surface area contributed by atoms with Gasteiger partial charge in [0.2, 0.25) is 5.89 Å². The minimum atomic E-state index is -0.222. The second-order valence-corrected chi connectivity index (χ2v) is 7.72. The molecule has 7 nitrogen and oxygen atoms in total. The highest BCUT2D eigenvalue weighted by Gasteiger charge is 2.21. The van der Waals surface area contributed by atoms with Gasteiger partial charge in [-0.15, -0.1) is 0 Å². The first kappa shape index (κ1) is 21.9. The van der Waals surface area contributed by atoms with Crippen molar-refractivity contribution in [1.29, 1.82) is 0 Å². The van der Waals surface area contributed by atoms with Crippen LogP contribution < -0.4 is 5.32 Å². The number of carbonyl (C=O) groups excluding carboxylic acids is 1. The smallest absolute Gasteiger partial charge is 0.273 e. The van der Waals surface area contributed by atoms with E-state index in [4.69, 9.17) is 4.42 Å². The molecule has 0 aliphatic carbocycles. The number of aliphatic hydroxyl groups excluding tert-OH is 1. The molecule has 1 aliphatic rings. The largest absolute Gasteiger partial charge is 0.447 e. The molecule has 2 heterocycles. The fraction of sp³-hybridized carbons (Fsp3) is 0.800. The number of amides is 1. The number of oxazole rings is 1. The van der Waals surface area contributed by atoms with Gasteiger partial charge in [0.1, 0.15) is 6.26 Å². The van der Waals surface area contributed by atoms with Gasteiger partial charge in [0.05, 0.1) is 12.6 Å². The van der Waals surface area contributed by atoms with Crippen LogP contribution in [0.3, 0.4) is 0 Å². The molecule has 1 aliphatic heterocycles. The van der Waals surface area contributed by atoms with E-state index in [-0.39, 0.29) is 12.0 Å². The van der Waals surface area contributed by atoms with Crippen molar-refractivity contribution >= 4 is 5.91 Å². The first-order valence-electron chi connectivity index (χ1n) is 10.4. The Bertz CT molecular complexity index is 555. The molecule has 2 rings (SSSR count). The van der Waals surface area contributed by atoms with E-state index in [2.05, 4.69) is 40.9 Å². The molecule has 7 heteroatoms. The maximum absolute atomic E-state index is 12.1. The topological polar surface area (TPSA) is 81.8 Å². The molecule has 154 valence electrons. The molecular formula is C20H36N4O3. The number of nitrogens with zero attached hydrogens (tertiary/aromatic N) is 3. The minimum absolute atomic E-state index is 0.170. The Morgan fingerprint density at radius 1 is 1.30 bits per heavy atom. The van der Waals surface area contributed by atoms with E-state index in [1.807, 2.05) is 0 Å². The van der Waals surface area contributed by atoms with E-state index in [0.717, 1.165) is 58.4 Å². The van der Waals surface area contributed by atoms with Crippen molar-refractivity contribution in [2.45, 2.75) is 59.1 Å². The lowest BCUT2D eigenvalue weighted by molar-refractivity contribution is 0.0627. The summed E-state index contributed by atoms with van der Waals surface area (Å²) in [5.74, 6) is 0.869. The Hall–Kier alpha value is -1.44. The van der Waals surface area contributed by atoms with E-state index in [1.165, 1.54) is 6.26 Å². The maximum atomic E-state index is 12.1. The third kappa shape index (κ3) is 7.60. The fourth-order valence-corrected chi connectivity index (χ4v) is 3.14. The van der Waals surface area contributed by atoms with Crippen molar-refractivity contribution in [3.05, 3.63) is 17.8 Å². The van der Waals surface area contributed by atoms with Gasteiger partial charge in [-0.3, -0.25) is 14.6 Å². The number of rotatable bonds is 11. The van der Waals surface area contributed by atoms with E-state index in [1.54, 1.807) is 0 Å². The average molecular weight is 381 g/mol. The third-order valence-electron chi connectivity index (χ3n) is 5.28. The molecule has 1 aromatic rings. The number of carbonyl (C=O) groups is 1. The molecule has 1 amide bonds. The zero-order valence-electron chi connectivity index (χ0n) is 17.1. The monoisotopic (exact) mass is 380 g/mol. The lowest BCUT2D eigenvalue weighted by atomic mass is 10.1. The predicted molar refractivity (Wildman–Crippen MR) is 106 cm³/mol. The average Bonchev–Trinajstić information content (AvgIpc) is 3.14. The highest BCUT2D eigenvalue weighted by Crippen LogP contribution is 2.11. The molecular weight excluding hydrogens is 344 g/mol. The summed E-state index contributed by atoms with van der Waals surface area (Å²) in [4.78, 5) is 21.0. The summed E-state index contributed by atoms with van der Waals surface area (Å²) in [5.41, 5.74) is 0.353. The molecule has 0 radical (unpaired) electrons. The summed E-state index contributed by atoms with van der Waals surface area (Å²) >= 11 is 0. The number of hydrogen-bond donors (Lipinski definition) is 2. The van der Waals surface area contributed by atoms with Gasteiger partial charge in [-0.2, -0.15) is 0 Å². The minimum Gasteiger partial charge on any atom is -0.447 e. The molecule has 0 saturated carbocycles. The zero-order valence-corrected chi connectivity index (χ0v) is 17.1. The van der Waals surface area contributed by atoms with Gasteiger partial charge in [0.15, 0.2) is 5.69 Å². The van der Waals surface area contributed by atoms with Gasteiger partial charge in [0, 0.05) is 39.3 Å². The van der Waals surface area contributed by atoms with Crippen LogP contribution in [0.25, 0.3) is 0 Å². The summed E-state index contributed by atoms with van der Waals surface area (Å²) < 4.78 is 5.49. The summed E-state index contributed by atoms with van der Waals surface area (Å²) in [6.07, 6.45) is 5.35. The molecule has 1 aromatic heterocycles. The number of piperazine rings is 1. The van der Waals surface area contributed by atoms with Crippen LogP contribution in [-0.2, 0) is 6.54 Å². The molecule has 2 atom stereocenters. The summed E-state index contributed by atoms with van der Waals surface area (Å²) in [6, 6.07) is 0. The number of nitrogens with one attached hydrogen (secondary N) is 1. The SMILES string of the molecule is CCCC[C@H](O)CN1CCN(Cc2nc(C(=O)NC[C@H](C)CC)co2)CC1. The number of aliphatic hydroxyl groups is 1. The van der Waals surface area contributed by atoms with Crippen LogP contribution in [0.5, 0.6) is 0 Å². The maximum Gasteiger partial charge on any atom is 0.273 e.